The van der Waals surface area contributed by atoms with Gasteiger partial charge in [-0.3, -0.25) is 9.59 Å². The first-order chi connectivity index (χ1) is 15.4. The molecule has 1 aliphatic rings. The second-order valence-electron chi connectivity index (χ2n) is 7.05. The summed E-state index contributed by atoms with van der Waals surface area (Å²) in [6, 6.07) is 13.8. The molecule has 0 spiro atoms. The topological polar surface area (TPSA) is 81.5 Å². The van der Waals surface area contributed by atoms with Gasteiger partial charge in [0.05, 0.1) is 23.4 Å². The van der Waals surface area contributed by atoms with Crippen molar-refractivity contribution < 1.29 is 19.1 Å². The highest BCUT2D eigenvalue weighted by Gasteiger charge is 2.35. The lowest BCUT2D eigenvalue weighted by atomic mass is 10.1. The average molecular weight is 470 g/mol. The Hall–Kier alpha value is -3.42. The zero-order chi connectivity index (χ0) is 22.8. The molecule has 1 aliphatic heterocycles. The molecule has 0 saturated carbocycles. The van der Waals surface area contributed by atoms with Gasteiger partial charge < -0.3 is 4.74 Å². The highest BCUT2D eigenvalue weighted by atomic mass is 35.5. The van der Waals surface area contributed by atoms with Crippen molar-refractivity contribution in [2.75, 3.05) is 6.73 Å². The van der Waals surface area contributed by atoms with Gasteiger partial charge in [-0.2, -0.15) is 5.10 Å². The van der Waals surface area contributed by atoms with E-state index in [2.05, 4.69) is 5.10 Å². The fraction of sp³-hybridized carbons (Fsp3) is 0.130. The molecular weight excluding hydrogens is 453 g/mol. The van der Waals surface area contributed by atoms with Crippen molar-refractivity contribution in [3.8, 4) is 0 Å². The molecule has 32 heavy (non-hydrogen) atoms. The van der Waals surface area contributed by atoms with Crippen LogP contribution in [0.5, 0.6) is 0 Å². The number of ether oxygens (including phenoxy) is 1. The molecule has 0 aliphatic carbocycles. The number of imide groups is 1. The molecule has 0 bridgehead atoms. The Morgan fingerprint density at radius 2 is 1.66 bits per heavy atom. The highest BCUT2D eigenvalue weighted by molar-refractivity contribution is 6.32. The first-order valence-electron chi connectivity index (χ1n) is 9.63. The molecule has 2 aromatic carbocycles. The van der Waals surface area contributed by atoms with Crippen LogP contribution in [0.2, 0.25) is 10.2 Å². The van der Waals surface area contributed by atoms with E-state index in [1.54, 1.807) is 41.9 Å². The van der Waals surface area contributed by atoms with E-state index in [-0.39, 0.29) is 11.1 Å². The van der Waals surface area contributed by atoms with Crippen molar-refractivity contribution >= 4 is 47.1 Å². The summed E-state index contributed by atoms with van der Waals surface area (Å²) < 4.78 is 6.67. The maximum Gasteiger partial charge on any atom is 0.332 e. The maximum absolute atomic E-state index is 12.3. The molecule has 7 nitrogen and oxygen atoms in total. The van der Waals surface area contributed by atoms with E-state index in [0.29, 0.717) is 28.0 Å². The molecule has 0 saturated heterocycles. The van der Waals surface area contributed by atoms with Gasteiger partial charge in [0.15, 0.2) is 6.73 Å². The van der Waals surface area contributed by atoms with Gasteiger partial charge in [-0.15, -0.1) is 0 Å². The third-order valence-corrected chi connectivity index (χ3v) is 5.75. The number of fused-ring (bicyclic) bond motifs is 1. The maximum atomic E-state index is 12.3. The average Bonchev–Trinajstić information content (AvgIpc) is 3.19. The number of carbonyl (C=O) groups is 3. The molecule has 3 aromatic rings. The predicted molar refractivity (Wildman–Crippen MR) is 119 cm³/mol. The Morgan fingerprint density at radius 3 is 2.31 bits per heavy atom. The number of benzene rings is 2. The third kappa shape index (κ3) is 4.17. The zero-order valence-corrected chi connectivity index (χ0v) is 18.4. The minimum absolute atomic E-state index is 0.289. The van der Waals surface area contributed by atoms with Crippen LogP contribution in [-0.2, 0) is 16.1 Å². The summed E-state index contributed by atoms with van der Waals surface area (Å²) >= 11 is 12.6. The molecule has 2 amide bonds. The fourth-order valence-corrected chi connectivity index (χ4v) is 3.83. The van der Waals surface area contributed by atoms with Crippen molar-refractivity contribution in [2.45, 2.75) is 13.5 Å². The molecule has 0 N–H and O–H groups in total. The van der Waals surface area contributed by atoms with E-state index >= 15 is 0 Å². The summed E-state index contributed by atoms with van der Waals surface area (Å²) in [6.45, 7) is 1.66. The summed E-state index contributed by atoms with van der Waals surface area (Å²) in [6.07, 6.45) is 2.66. The smallest absolute Gasteiger partial charge is 0.332 e. The van der Waals surface area contributed by atoms with Crippen LogP contribution >= 0.6 is 23.2 Å². The molecule has 1 aromatic heterocycles. The van der Waals surface area contributed by atoms with Crippen molar-refractivity contribution in [1.82, 2.24) is 14.7 Å². The van der Waals surface area contributed by atoms with Crippen LogP contribution in [-0.4, -0.2) is 39.2 Å². The van der Waals surface area contributed by atoms with E-state index in [9.17, 15) is 14.4 Å². The quantitative estimate of drug-likeness (QED) is 0.304. The van der Waals surface area contributed by atoms with Gasteiger partial charge in [-0.25, -0.2) is 14.4 Å². The fourth-order valence-electron chi connectivity index (χ4n) is 3.33. The lowest BCUT2D eigenvalue weighted by Gasteiger charge is -2.12. The van der Waals surface area contributed by atoms with Gasteiger partial charge in [-0.1, -0.05) is 53.5 Å². The summed E-state index contributed by atoms with van der Waals surface area (Å²) in [5.74, 6) is -1.72. The van der Waals surface area contributed by atoms with Crippen LogP contribution in [0.25, 0.3) is 6.08 Å². The van der Waals surface area contributed by atoms with Crippen LogP contribution in [0.1, 0.15) is 37.5 Å². The van der Waals surface area contributed by atoms with E-state index in [1.807, 2.05) is 18.2 Å². The lowest BCUT2D eigenvalue weighted by Crippen LogP contribution is -2.32. The minimum atomic E-state index is -0.726. The number of hydrogen-bond acceptors (Lipinski definition) is 5. The van der Waals surface area contributed by atoms with Crippen molar-refractivity contribution in [1.29, 1.82) is 0 Å². The van der Waals surface area contributed by atoms with Gasteiger partial charge >= 0.3 is 5.97 Å². The molecule has 2 heterocycles. The lowest BCUT2D eigenvalue weighted by molar-refractivity contribution is -0.140. The minimum Gasteiger partial charge on any atom is -0.441 e. The SMILES string of the molecule is Cc1nn(Cc2ccccc2Cl)c(Cl)c1C=CC(=O)OCN1C(=O)c2ccccc2C1=O. The first kappa shape index (κ1) is 21.8. The van der Waals surface area contributed by atoms with E-state index in [0.717, 1.165) is 10.5 Å². The summed E-state index contributed by atoms with van der Waals surface area (Å²) in [5.41, 5.74) is 2.60. The second-order valence-corrected chi connectivity index (χ2v) is 7.81. The molecule has 4 rings (SSSR count). The standard InChI is InChI=1S/C23H17Cl2N3O4/c1-14-16(21(25)28(26-14)12-15-6-2-5-9-19(15)24)10-11-20(29)32-13-27-22(30)17-7-3-4-8-18(17)23(27)31/h2-11H,12-13H2,1H3. The van der Waals surface area contributed by atoms with E-state index in [1.165, 1.54) is 12.2 Å². The van der Waals surface area contributed by atoms with Crippen molar-refractivity contribution in [3.05, 3.63) is 92.7 Å². The van der Waals surface area contributed by atoms with E-state index in [4.69, 9.17) is 27.9 Å². The molecule has 9 heteroatoms. The first-order valence-corrected chi connectivity index (χ1v) is 10.4. The number of aromatic nitrogens is 2. The summed E-state index contributed by atoms with van der Waals surface area (Å²) in [5, 5.41) is 5.34. The second kappa shape index (κ2) is 8.98. The largest absolute Gasteiger partial charge is 0.441 e. The van der Waals surface area contributed by atoms with Gasteiger partial charge in [0.2, 0.25) is 0 Å². The van der Waals surface area contributed by atoms with Crippen LogP contribution in [0.4, 0.5) is 0 Å². The third-order valence-electron chi connectivity index (χ3n) is 4.99. The number of halogens is 2. The molecule has 162 valence electrons. The van der Waals surface area contributed by atoms with Crippen LogP contribution in [0, 0.1) is 6.92 Å². The van der Waals surface area contributed by atoms with E-state index < -0.39 is 24.5 Å². The zero-order valence-electron chi connectivity index (χ0n) is 16.9. The Balaban J connectivity index is 1.41. The van der Waals surface area contributed by atoms with Crippen LogP contribution < -0.4 is 0 Å². The van der Waals surface area contributed by atoms with Gasteiger partial charge in [0.25, 0.3) is 11.8 Å². The Kier molecular flexibility index (Phi) is 6.12. The number of carbonyl (C=O) groups excluding carboxylic acids is 3. The number of nitrogens with zero attached hydrogens (tertiary/aromatic N) is 3. The normalized spacial score (nSPS) is 13.2. The van der Waals surface area contributed by atoms with Gasteiger partial charge in [-0.05, 0) is 36.8 Å². The molecule has 0 unspecified atom stereocenters. The Morgan fingerprint density at radius 1 is 1.03 bits per heavy atom. The number of aryl methyl sites for hydroxylation is 1. The Bertz CT molecular complexity index is 1230. The van der Waals surface area contributed by atoms with Gasteiger partial charge in [0, 0.05) is 16.7 Å². The number of amides is 2. The highest BCUT2D eigenvalue weighted by Crippen LogP contribution is 2.25. The molecular formula is C23H17Cl2N3O4. The van der Waals surface area contributed by atoms with Crippen LogP contribution in [0.15, 0.2) is 54.6 Å². The molecule has 0 fully saturated rings. The summed E-state index contributed by atoms with van der Waals surface area (Å²) in [4.78, 5) is 37.7. The Labute approximate surface area is 193 Å². The number of rotatable bonds is 6. The number of hydrogen-bond donors (Lipinski definition) is 0. The summed E-state index contributed by atoms with van der Waals surface area (Å²) in [7, 11) is 0. The monoisotopic (exact) mass is 469 g/mol. The molecule has 0 atom stereocenters. The number of esters is 1. The predicted octanol–water partition coefficient (Wildman–Crippen LogP) is 4.36. The van der Waals surface area contributed by atoms with Gasteiger partial charge in [0.1, 0.15) is 5.15 Å². The molecule has 0 radical (unpaired) electrons. The van der Waals surface area contributed by atoms with Crippen molar-refractivity contribution in [3.63, 3.8) is 0 Å². The van der Waals surface area contributed by atoms with Crippen molar-refractivity contribution in [2.24, 2.45) is 0 Å². The van der Waals surface area contributed by atoms with Crippen LogP contribution in [0.3, 0.4) is 0 Å².